The van der Waals surface area contributed by atoms with E-state index in [4.69, 9.17) is 5.73 Å². The first-order chi connectivity index (χ1) is 7.16. The van der Waals surface area contributed by atoms with Crippen molar-refractivity contribution in [1.29, 1.82) is 0 Å². The maximum absolute atomic E-state index is 11.6. The van der Waals surface area contributed by atoms with E-state index in [2.05, 4.69) is 21.2 Å². The van der Waals surface area contributed by atoms with Crippen LogP contribution in [0.25, 0.3) is 0 Å². The Balaban J connectivity index is 2.92. The molecule has 3 N–H and O–H groups in total. The van der Waals surface area contributed by atoms with Crippen molar-refractivity contribution in [3.8, 4) is 0 Å². The number of nitrogens with one attached hydrogen (secondary N) is 1. The summed E-state index contributed by atoms with van der Waals surface area (Å²) in [6.45, 7) is 0.506. The van der Waals surface area contributed by atoms with Crippen LogP contribution in [-0.2, 0) is 0 Å². The fourth-order valence-electron chi connectivity index (χ4n) is 1.15. The van der Waals surface area contributed by atoms with Crippen molar-refractivity contribution in [3.63, 3.8) is 0 Å². The molecule has 0 saturated heterocycles. The van der Waals surface area contributed by atoms with E-state index in [-0.39, 0.29) is 11.5 Å². The molecule has 2 amide bonds. The summed E-state index contributed by atoms with van der Waals surface area (Å²) in [4.78, 5) is 22.6. The van der Waals surface area contributed by atoms with E-state index in [1.807, 2.05) is 0 Å². The van der Waals surface area contributed by atoms with Crippen LogP contribution in [0, 0.1) is 0 Å². The summed E-state index contributed by atoms with van der Waals surface area (Å²) in [5.74, 6) is -0.886. The molecule has 0 fully saturated rings. The van der Waals surface area contributed by atoms with Gasteiger partial charge in [-0.1, -0.05) is 28.1 Å². The molecule has 0 aliphatic heterocycles. The average Bonchev–Trinajstić information content (AvgIpc) is 2.25. The van der Waals surface area contributed by atoms with Gasteiger partial charge in [0.2, 0.25) is 5.91 Å². The first-order valence-corrected chi connectivity index (χ1v) is 5.52. The van der Waals surface area contributed by atoms with Gasteiger partial charge in [-0.25, -0.2) is 0 Å². The lowest BCUT2D eigenvalue weighted by atomic mass is 10.1. The number of primary amides is 1. The molecule has 0 unspecified atom stereocenters. The lowest BCUT2D eigenvalue weighted by Crippen LogP contribution is -2.28. The molecular formula is C10H11BrN2O2. The van der Waals surface area contributed by atoms with E-state index in [0.29, 0.717) is 17.4 Å². The van der Waals surface area contributed by atoms with Gasteiger partial charge in [-0.3, -0.25) is 9.59 Å². The lowest BCUT2D eigenvalue weighted by Gasteiger charge is -2.06. The molecule has 0 aliphatic rings. The van der Waals surface area contributed by atoms with Gasteiger partial charge >= 0.3 is 0 Å². The molecule has 5 heteroatoms. The second kappa shape index (κ2) is 5.50. The number of hydrogen-bond acceptors (Lipinski definition) is 2. The summed E-state index contributed by atoms with van der Waals surface area (Å²) in [5.41, 5.74) is 5.70. The molecule has 0 saturated carbocycles. The standard InChI is InChI=1S/C10H11BrN2O2/c11-5-6-13-10(15)8-4-2-1-3-7(8)9(12)14/h1-4H,5-6H2,(H2,12,14)(H,13,15). The van der Waals surface area contributed by atoms with Gasteiger partial charge in [0.1, 0.15) is 0 Å². The van der Waals surface area contributed by atoms with Gasteiger partial charge in [-0.2, -0.15) is 0 Å². The van der Waals surface area contributed by atoms with Crippen molar-refractivity contribution < 1.29 is 9.59 Å². The Labute approximate surface area is 96.0 Å². The molecule has 1 aromatic carbocycles. The fourth-order valence-corrected chi connectivity index (χ4v) is 1.35. The molecule has 0 atom stereocenters. The van der Waals surface area contributed by atoms with Gasteiger partial charge < -0.3 is 11.1 Å². The third-order valence-electron chi connectivity index (χ3n) is 1.82. The van der Waals surface area contributed by atoms with E-state index in [1.165, 1.54) is 6.07 Å². The topological polar surface area (TPSA) is 72.2 Å². The number of carbonyl (C=O) groups excluding carboxylic acids is 2. The first kappa shape index (κ1) is 11.7. The van der Waals surface area contributed by atoms with Crippen LogP contribution in [0.5, 0.6) is 0 Å². The van der Waals surface area contributed by atoms with E-state index in [1.54, 1.807) is 18.2 Å². The van der Waals surface area contributed by atoms with Crippen LogP contribution in [0.1, 0.15) is 20.7 Å². The molecule has 0 heterocycles. The minimum absolute atomic E-state index is 0.240. The highest BCUT2D eigenvalue weighted by atomic mass is 79.9. The number of carbonyl (C=O) groups is 2. The van der Waals surface area contributed by atoms with E-state index < -0.39 is 5.91 Å². The number of amides is 2. The van der Waals surface area contributed by atoms with Gasteiger partial charge in [-0.05, 0) is 12.1 Å². The van der Waals surface area contributed by atoms with Gasteiger partial charge in [-0.15, -0.1) is 0 Å². The Morgan fingerprint density at radius 2 is 1.87 bits per heavy atom. The number of benzene rings is 1. The molecular weight excluding hydrogens is 260 g/mol. The predicted molar refractivity (Wildman–Crippen MR) is 61.1 cm³/mol. The second-order valence-corrected chi connectivity index (χ2v) is 3.65. The lowest BCUT2D eigenvalue weighted by molar-refractivity contribution is 0.0938. The fraction of sp³-hybridized carbons (Fsp3) is 0.200. The van der Waals surface area contributed by atoms with E-state index >= 15 is 0 Å². The van der Waals surface area contributed by atoms with Crippen LogP contribution in [0.2, 0.25) is 0 Å². The molecule has 15 heavy (non-hydrogen) atoms. The Morgan fingerprint density at radius 1 is 1.27 bits per heavy atom. The third kappa shape index (κ3) is 3.06. The van der Waals surface area contributed by atoms with Crippen LogP contribution in [0.3, 0.4) is 0 Å². The molecule has 4 nitrogen and oxygen atoms in total. The Bertz CT molecular complexity index is 379. The molecule has 0 radical (unpaired) electrons. The average molecular weight is 271 g/mol. The molecule has 0 spiro atoms. The van der Waals surface area contributed by atoms with Crippen LogP contribution in [-0.4, -0.2) is 23.7 Å². The highest BCUT2D eigenvalue weighted by molar-refractivity contribution is 9.09. The van der Waals surface area contributed by atoms with Crippen molar-refractivity contribution in [1.82, 2.24) is 5.32 Å². The number of hydrogen-bond donors (Lipinski definition) is 2. The molecule has 0 bridgehead atoms. The van der Waals surface area contributed by atoms with Crippen LogP contribution >= 0.6 is 15.9 Å². The Kier molecular flexibility index (Phi) is 4.30. The normalized spacial score (nSPS) is 9.67. The zero-order chi connectivity index (χ0) is 11.3. The largest absolute Gasteiger partial charge is 0.366 e. The minimum atomic E-state index is -0.598. The summed E-state index contributed by atoms with van der Waals surface area (Å²) in [6.07, 6.45) is 0. The van der Waals surface area contributed by atoms with E-state index in [9.17, 15) is 9.59 Å². The Morgan fingerprint density at radius 3 is 2.40 bits per heavy atom. The van der Waals surface area contributed by atoms with Gasteiger partial charge in [0, 0.05) is 11.9 Å². The van der Waals surface area contributed by atoms with Crippen LogP contribution in [0.4, 0.5) is 0 Å². The number of alkyl halides is 1. The number of nitrogens with two attached hydrogens (primary N) is 1. The van der Waals surface area contributed by atoms with E-state index in [0.717, 1.165) is 0 Å². The number of rotatable bonds is 4. The molecule has 1 rings (SSSR count). The maximum Gasteiger partial charge on any atom is 0.252 e. The smallest absolute Gasteiger partial charge is 0.252 e. The van der Waals surface area contributed by atoms with Gasteiger partial charge in [0.05, 0.1) is 11.1 Å². The zero-order valence-corrected chi connectivity index (χ0v) is 9.58. The molecule has 80 valence electrons. The minimum Gasteiger partial charge on any atom is -0.366 e. The van der Waals surface area contributed by atoms with Crippen molar-refractivity contribution in [2.24, 2.45) is 5.73 Å². The predicted octanol–water partition coefficient (Wildman–Crippen LogP) is 0.910. The van der Waals surface area contributed by atoms with Gasteiger partial charge in [0.15, 0.2) is 0 Å². The summed E-state index contributed by atoms with van der Waals surface area (Å²) < 4.78 is 0. The quantitative estimate of drug-likeness (QED) is 0.799. The first-order valence-electron chi connectivity index (χ1n) is 4.40. The summed E-state index contributed by atoms with van der Waals surface area (Å²) >= 11 is 3.19. The number of halogens is 1. The van der Waals surface area contributed by atoms with Crippen molar-refractivity contribution in [2.75, 3.05) is 11.9 Å². The van der Waals surface area contributed by atoms with Crippen molar-refractivity contribution in [3.05, 3.63) is 35.4 Å². The maximum atomic E-state index is 11.6. The second-order valence-electron chi connectivity index (χ2n) is 2.85. The summed E-state index contributed by atoms with van der Waals surface area (Å²) in [7, 11) is 0. The third-order valence-corrected chi connectivity index (χ3v) is 2.21. The Hall–Kier alpha value is -1.36. The molecule has 1 aromatic rings. The van der Waals surface area contributed by atoms with Gasteiger partial charge in [0.25, 0.3) is 5.91 Å². The zero-order valence-electron chi connectivity index (χ0n) is 8.00. The molecule has 0 aliphatic carbocycles. The van der Waals surface area contributed by atoms with Crippen LogP contribution in [0.15, 0.2) is 24.3 Å². The molecule has 0 aromatic heterocycles. The highest BCUT2D eigenvalue weighted by Gasteiger charge is 2.13. The van der Waals surface area contributed by atoms with Crippen molar-refractivity contribution in [2.45, 2.75) is 0 Å². The summed E-state index contributed by atoms with van der Waals surface area (Å²) in [5, 5.41) is 3.31. The summed E-state index contributed by atoms with van der Waals surface area (Å²) in [6, 6.07) is 6.46. The van der Waals surface area contributed by atoms with Crippen molar-refractivity contribution >= 4 is 27.7 Å². The monoisotopic (exact) mass is 270 g/mol. The SMILES string of the molecule is NC(=O)c1ccccc1C(=O)NCCBr. The van der Waals surface area contributed by atoms with Crippen LogP contribution < -0.4 is 11.1 Å². The highest BCUT2D eigenvalue weighted by Crippen LogP contribution is 2.07.